The minimum absolute atomic E-state index is 0.0544. The van der Waals surface area contributed by atoms with Crippen molar-refractivity contribution in [1.82, 2.24) is 4.98 Å². The van der Waals surface area contributed by atoms with Crippen LogP contribution >= 0.6 is 0 Å². The molecule has 5 atom stereocenters. The van der Waals surface area contributed by atoms with Gasteiger partial charge >= 0.3 is 5.97 Å². The number of benzene rings is 2. The highest BCUT2D eigenvalue weighted by Gasteiger charge is 2.76. The van der Waals surface area contributed by atoms with Gasteiger partial charge in [-0.1, -0.05) is 42.5 Å². The largest absolute Gasteiger partial charge is 0.497 e. The Morgan fingerprint density at radius 2 is 1.68 bits per heavy atom. The number of aliphatic hydroxyl groups is 2. The summed E-state index contributed by atoms with van der Waals surface area (Å²) in [6.07, 6.45) is -0.131. The van der Waals surface area contributed by atoms with Crippen LogP contribution in [-0.2, 0) is 20.7 Å². The lowest BCUT2D eigenvalue weighted by molar-refractivity contribution is -0.173. The van der Waals surface area contributed by atoms with Crippen LogP contribution in [0.1, 0.15) is 22.7 Å². The number of aliphatic hydroxyl groups excluding tert-OH is 1. The van der Waals surface area contributed by atoms with Crippen LogP contribution in [0.4, 0.5) is 0 Å². The first-order valence-corrected chi connectivity index (χ1v) is 10.8. The lowest BCUT2D eigenvalue weighted by Crippen LogP contribution is -2.55. The molecule has 0 amide bonds. The molecule has 3 unspecified atom stereocenters. The third-order valence-corrected chi connectivity index (χ3v) is 6.97. The van der Waals surface area contributed by atoms with E-state index in [0.717, 1.165) is 0 Å². The molecule has 3 aromatic rings. The van der Waals surface area contributed by atoms with E-state index in [2.05, 4.69) is 4.98 Å². The Labute approximate surface area is 196 Å². The third-order valence-electron chi connectivity index (χ3n) is 6.97. The molecule has 0 spiro atoms. The number of hydrogen-bond donors (Lipinski definition) is 2. The highest BCUT2D eigenvalue weighted by atomic mass is 16.5. The maximum Gasteiger partial charge on any atom is 0.312 e. The summed E-state index contributed by atoms with van der Waals surface area (Å²) in [4.78, 5) is 17.6. The summed E-state index contributed by atoms with van der Waals surface area (Å²) in [5, 5.41) is 24.0. The lowest BCUT2D eigenvalue weighted by atomic mass is 9.75. The minimum atomic E-state index is -2.09. The summed E-state index contributed by atoms with van der Waals surface area (Å²) in [5.41, 5.74) is -2.31. The molecule has 2 aromatic carbocycles. The second kappa shape index (κ2) is 8.00. The van der Waals surface area contributed by atoms with Gasteiger partial charge in [-0.25, -0.2) is 0 Å². The summed E-state index contributed by atoms with van der Waals surface area (Å²) >= 11 is 0. The average Bonchev–Trinajstić information content (AvgIpc) is 3.01. The van der Waals surface area contributed by atoms with Crippen molar-refractivity contribution in [1.29, 1.82) is 0 Å². The van der Waals surface area contributed by atoms with Crippen molar-refractivity contribution in [3.63, 3.8) is 0 Å². The van der Waals surface area contributed by atoms with Gasteiger partial charge in [-0.3, -0.25) is 9.78 Å². The van der Waals surface area contributed by atoms with E-state index in [9.17, 15) is 15.0 Å². The Kier molecular flexibility index (Phi) is 5.22. The van der Waals surface area contributed by atoms with Gasteiger partial charge in [-0.15, -0.1) is 0 Å². The Morgan fingerprint density at radius 1 is 1.00 bits per heavy atom. The molecular formula is C26H25NO7. The SMILES string of the molecule is COC(=O)C1C(c2ccccc2)[C@]2(c3ccc(OC)cc3)Oc3cc(OC)cnc3[C@@]1(O)C2O. The Bertz CT molecular complexity index is 1220. The predicted molar refractivity (Wildman–Crippen MR) is 121 cm³/mol. The van der Waals surface area contributed by atoms with Crippen LogP contribution < -0.4 is 14.2 Å². The first-order valence-electron chi connectivity index (χ1n) is 10.8. The molecule has 0 radical (unpaired) electrons. The first kappa shape index (κ1) is 22.2. The number of carbonyl (C=O) groups excluding carboxylic acids is 1. The van der Waals surface area contributed by atoms with Crippen molar-refractivity contribution in [3.8, 4) is 17.2 Å². The Morgan fingerprint density at radius 3 is 2.29 bits per heavy atom. The van der Waals surface area contributed by atoms with Crippen molar-refractivity contribution in [2.24, 2.45) is 5.92 Å². The van der Waals surface area contributed by atoms with Gasteiger partial charge in [0.15, 0.2) is 11.2 Å². The van der Waals surface area contributed by atoms with E-state index in [-0.39, 0.29) is 11.4 Å². The van der Waals surface area contributed by atoms with Crippen molar-refractivity contribution in [2.45, 2.75) is 23.2 Å². The van der Waals surface area contributed by atoms with Crippen LogP contribution in [0.3, 0.4) is 0 Å². The van der Waals surface area contributed by atoms with Gasteiger partial charge in [-0.05, 0) is 23.3 Å². The molecule has 1 aromatic heterocycles. The number of hydrogen-bond acceptors (Lipinski definition) is 8. The molecule has 2 N–H and O–H groups in total. The van der Waals surface area contributed by atoms with E-state index in [4.69, 9.17) is 18.9 Å². The van der Waals surface area contributed by atoms with Gasteiger partial charge in [0.1, 0.15) is 35.0 Å². The van der Waals surface area contributed by atoms with E-state index in [0.29, 0.717) is 22.6 Å². The number of rotatable bonds is 5. The number of ether oxygens (including phenoxy) is 4. The summed E-state index contributed by atoms with van der Waals surface area (Å²) in [6, 6.07) is 17.8. The fourth-order valence-electron chi connectivity index (χ4n) is 5.45. The lowest BCUT2D eigenvalue weighted by Gasteiger charge is -2.44. The van der Waals surface area contributed by atoms with Crippen LogP contribution in [0.2, 0.25) is 0 Å². The second-order valence-electron chi connectivity index (χ2n) is 8.46. The van der Waals surface area contributed by atoms with Crippen LogP contribution in [0.5, 0.6) is 17.2 Å². The number of carbonyl (C=O) groups is 1. The fourth-order valence-corrected chi connectivity index (χ4v) is 5.45. The molecule has 1 fully saturated rings. The number of nitrogens with zero attached hydrogens (tertiary/aromatic N) is 1. The smallest absolute Gasteiger partial charge is 0.312 e. The minimum Gasteiger partial charge on any atom is -0.497 e. The molecule has 8 nitrogen and oxygen atoms in total. The van der Waals surface area contributed by atoms with Crippen LogP contribution in [0, 0.1) is 5.92 Å². The first-order chi connectivity index (χ1) is 16.4. The predicted octanol–water partition coefficient (Wildman–Crippen LogP) is 2.52. The van der Waals surface area contributed by atoms with E-state index in [1.807, 2.05) is 30.3 Å². The molecule has 0 saturated heterocycles. The van der Waals surface area contributed by atoms with Gasteiger partial charge in [0.05, 0.1) is 27.5 Å². The zero-order valence-electron chi connectivity index (χ0n) is 19.0. The quantitative estimate of drug-likeness (QED) is 0.556. The van der Waals surface area contributed by atoms with Crippen molar-refractivity contribution in [2.75, 3.05) is 21.3 Å². The normalized spacial score (nSPS) is 29.0. The topological polar surface area (TPSA) is 107 Å². The van der Waals surface area contributed by atoms with Crippen molar-refractivity contribution in [3.05, 3.63) is 83.7 Å². The Hall–Kier alpha value is -3.62. The number of pyridine rings is 1. The van der Waals surface area contributed by atoms with Crippen LogP contribution in [-0.4, -0.2) is 48.6 Å². The second-order valence-corrected chi connectivity index (χ2v) is 8.46. The Balaban J connectivity index is 1.85. The van der Waals surface area contributed by atoms with E-state index >= 15 is 0 Å². The van der Waals surface area contributed by atoms with Gasteiger partial charge in [-0.2, -0.15) is 0 Å². The molecule has 5 rings (SSSR count). The molecule has 1 aliphatic carbocycles. The molecule has 34 heavy (non-hydrogen) atoms. The number of esters is 1. The molecule has 1 saturated carbocycles. The zero-order chi connectivity index (χ0) is 24.1. The molecular weight excluding hydrogens is 438 g/mol. The number of methoxy groups -OCH3 is 3. The monoisotopic (exact) mass is 463 g/mol. The molecule has 2 bridgehead atoms. The molecule has 8 heteroatoms. The standard InChI is InChI=1S/C26H25NO7/c1-31-17-11-9-16(10-12-17)26-20(15-7-5-4-6-8-15)21(23(28)33-3)25(30,24(26)29)22-19(34-26)13-18(32-2)14-27-22/h4-14,20-21,24,29-30H,1-3H3/t20?,21?,24?,25-,26+/m1/s1. The number of fused-ring (bicyclic) bond motifs is 4. The fraction of sp³-hybridized carbons (Fsp3) is 0.308. The summed E-state index contributed by atoms with van der Waals surface area (Å²) in [6.45, 7) is 0. The van der Waals surface area contributed by atoms with E-state index < -0.39 is 35.1 Å². The molecule has 2 aliphatic rings. The van der Waals surface area contributed by atoms with Crippen LogP contribution in [0.15, 0.2) is 66.9 Å². The van der Waals surface area contributed by atoms with E-state index in [1.54, 1.807) is 37.4 Å². The maximum absolute atomic E-state index is 13.3. The van der Waals surface area contributed by atoms with Crippen molar-refractivity contribution >= 4 is 5.97 Å². The zero-order valence-corrected chi connectivity index (χ0v) is 19.0. The van der Waals surface area contributed by atoms with Crippen molar-refractivity contribution < 1.29 is 34.0 Å². The maximum atomic E-state index is 13.3. The van der Waals surface area contributed by atoms with Gasteiger partial charge in [0, 0.05) is 12.0 Å². The highest BCUT2D eigenvalue weighted by Crippen LogP contribution is 2.66. The van der Waals surface area contributed by atoms with E-state index in [1.165, 1.54) is 20.4 Å². The highest BCUT2D eigenvalue weighted by molar-refractivity contribution is 5.78. The summed E-state index contributed by atoms with van der Waals surface area (Å²) < 4.78 is 22.3. The third kappa shape index (κ3) is 2.85. The number of aromatic nitrogens is 1. The average molecular weight is 463 g/mol. The molecule has 1 aliphatic heterocycles. The molecule has 176 valence electrons. The van der Waals surface area contributed by atoms with Gasteiger partial charge in [0.25, 0.3) is 0 Å². The molecule has 2 heterocycles. The summed E-state index contributed by atoms with van der Waals surface area (Å²) in [5.74, 6) is -1.46. The van der Waals surface area contributed by atoms with Gasteiger partial charge in [0.2, 0.25) is 0 Å². The summed E-state index contributed by atoms with van der Waals surface area (Å²) in [7, 11) is 4.31. The van der Waals surface area contributed by atoms with Crippen LogP contribution in [0.25, 0.3) is 0 Å². The van der Waals surface area contributed by atoms with Gasteiger partial charge < -0.3 is 29.2 Å².